The van der Waals surface area contributed by atoms with Crippen LogP contribution in [0.15, 0.2) is 0 Å². The summed E-state index contributed by atoms with van der Waals surface area (Å²) in [5.41, 5.74) is 0. The zero-order valence-corrected chi connectivity index (χ0v) is 5.53. The third-order valence-electron chi connectivity index (χ3n) is 1.08. The Balaban J connectivity index is 3.84. The van der Waals surface area contributed by atoms with E-state index in [9.17, 15) is 14.4 Å². The van der Waals surface area contributed by atoms with Gasteiger partial charge in [-0.05, 0) is 0 Å². The van der Waals surface area contributed by atoms with Crippen LogP contribution < -0.4 is 0 Å². The van der Waals surface area contributed by atoms with Crippen molar-refractivity contribution < 1.29 is 19.5 Å². The summed E-state index contributed by atoms with van der Waals surface area (Å²) in [5, 5.41) is 8.16. The van der Waals surface area contributed by atoms with Gasteiger partial charge in [0.2, 0.25) is 0 Å². The maximum absolute atomic E-state index is 10.4. The summed E-state index contributed by atoms with van der Waals surface area (Å²) in [7, 11) is 0. The molecule has 0 aliphatic heterocycles. The normalized spacial score (nSPS) is 12.1. The Labute approximate surface area is 57.8 Å². The van der Waals surface area contributed by atoms with E-state index >= 15 is 0 Å². The molecule has 10 heavy (non-hydrogen) atoms. The van der Waals surface area contributed by atoms with Gasteiger partial charge in [0.1, 0.15) is 0 Å². The summed E-state index contributed by atoms with van der Waals surface area (Å²) in [5.74, 6) is -2.43. The Kier molecular flexibility index (Phi) is 3.32. The molecule has 1 unspecified atom stereocenters. The Morgan fingerprint density at radius 2 is 2.10 bits per heavy atom. The third kappa shape index (κ3) is 2.96. The van der Waals surface area contributed by atoms with Crippen LogP contribution in [0.2, 0.25) is 0 Å². The van der Waals surface area contributed by atoms with E-state index in [2.05, 4.69) is 0 Å². The molecular weight excluding hydrogens is 136 g/mol. The molecule has 0 aromatic rings. The Morgan fingerprint density at radius 3 is 2.40 bits per heavy atom. The van der Waals surface area contributed by atoms with Gasteiger partial charge in [-0.3, -0.25) is 14.4 Å². The molecule has 0 heterocycles. The molecule has 0 spiro atoms. The maximum Gasteiger partial charge on any atom is 0.304 e. The number of carboxylic acid groups (broad SMARTS) is 1. The Bertz CT molecular complexity index is 161. The van der Waals surface area contributed by atoms with Crippen LogP contribution in [-0.2, 0) is 14.4 Å². The van der Waals surface area contributed by atoms with Crippen molar-refractivity contribution in [3.63, 3.8) is 0 Å². The lowest BCUT2D eigenvalue weighted by molar-refractivity contribution is -0.141. The van der Waals surface area contributed by atoms with Crippen LogP contribution in [0.4, 0.5) is 0 Å². The van der Waals surface area contributed by atoms with Gasteiger partial charge in [-0.25, -0.2) is 0 Å². The molecule has 0 aromatic carbocycles. The van der Waals surface area contributed by atoms with E-state index in [4.69, 9.17) is 5.11 Å². The van der Waals surface area contributed by atoms with Gasteiger partial charge in [-0.1, -0.05) is 6.92 Å². The van der Waals surface area contributed by atoms with E-state index in [1.165, 1.54) is 6.92 Å². The molecule has 1 atom stereocenters. The van der Waals surface area contributed by atoms with Crippen molar-refractivity contribution in [2.75, 3.05) is 0 Å². The topological polar surface area (TPSA) is 71.4 Å². The zero-order chi connectivity index (χ0) is 8.15. The molecule has 0 saturated carbocycles. The van der Waals surface area contributed by atoms with Crippen LogP contribution >= 0.6 is 0 Å². The smallest absolute Gasteiger partial charge is 0.304 e. The van der Waals surface area contributed by atoms with Gasteiger partial charge in [-0.15, -0.1) is 0 Å². The fourth-order valence-electron chi connectivity index (χ4n) is 0.479. The van der Waals surface area contributed by atoms with Crippen LogP contribution in [0, 0.1) is 5.92 Å². The minimum atomic E-state index is -1.07. The number of Topliss-reactive ketones (excluding diaryl/α,β-unsaturated/α-hetero) is 1. The number of carboxylic acids is 1. The first-order valence-electron chi connectivity index (χ1n) is 2.78. The molecular formula is C6H8O4. The molecule has 4 nitrogen and oxygen atoms in total. The number of aldehydes is 1. The second-order valence-electron chi connectivity index (χ2n) is 2.02. The quantitative estimate of drug-likeness (QED) is 0.440. The van der Waals surface area contributed by atoms with Crippen LogP contribution in [0.25, 0.3) is 0 Å². The minimum absolute atomic E-state index is 0.146. The lowest BCUT2D eigenvalue weighted by atomic mass is 10.0. The molecule has 0 aromatic heterocycles. The number of rotatable bonds is 4. The van der Waals surface area contributed by atoms with Crippen LogP contribution in [0.1, 0.15) is 13.3 Å². The Morgan fingerprint density at radius 1 is 1.60 bits per heavy atom. The molecule has 1 N–H and O–H groups in total. The summed E-state index contributed by atoms with van der Waals surface area (Å²) in [6.45, 7) is 1.41. The van der Waals surface area contributed by atoms with E-state index in [0.717, 1.165) is 0 Å². The maximum atomic E-state index is 10.4. The van der Waals surface area contributed by atoms with Crippen molar-refractivity contribution in [2.45, 2.75) is 13.3 Å². The lowest BCUT2D eigenvalue weighted by Crippen LogP contribution is -2.15. The van der Waals surface area contributed by atoms with E-state index in [1.54, 1.807) is 0 Å². The molecule has 0 aliphatic carbocycles. The van der Waals surface area contributed by atoms with Gasteiger partial charge in [0.15, 0.2) is 12.1 Å². The second kappa shape index (κ2) is 3.76. The van der Waals surface area contributed by atoms with Gasteiger partial charge < -0.3 is 5.11 Å². The fourth-order valence-corrected chi connectivity index (χ4v) is 0.479. The summed E-state index contributed by atoms with van der Waals surface area (Å²) >= 11 is 0. The monoisotopic (exact) mass is 144 g/mol. The average molecular weight is 144 g/mol. The first-order valence-corrected chi connectivity index (χ1v) is 2.78. The first kappa shape index (κ1) is 8.81. The molecule has 0 amide bonds. The number of hydrogen-bond acceptors (Lipinski definition) is 3. The van der Waals surface area contributed by atoms with Gasteiger partial charge in [0.05, 0.1) is 6.42 Å². The molecule has 0 saturated heterocycles. The molecule has 0 aliphatic rings. The SMILES string of the molecule is CC(CC(=O)O)C(=O)C=O. The highest BCUT2D eigenvalue weighted by molar-refractivity contribution is 6.26. The van der Waals surface area contributed by atoms with Crippen molar-refractivity contribution in [1.82, 2.24) is 0 Å². The largest absolute Gasteiger partial charge is 0.481 e. The highest BCUT2D eigenvalue weighted by Crippen LogP contribution is 2.00. The number of carbonyl (C=O) groups excluding carboxylic acids is 2. The third-order valence-corrected chi connectivity index (χ3v) is 1.08. The predicted octanol–water partition coefficient (Wildman–Crippen LogP) is -0.135. The van der Waals surface area contributed by atoms with E-state index in [0.29, 0.717) is 0 Å². The van der Waals surface area contributed by atoms with E-state index in [1.807, 2.05) is 0 Å². The van der Waals surface area contributed by atoms with Gasteiger partial charge in [0.25, 0.3) is 0 Å². The van der Waals surface area contributed by atoms with Gasteiger partial charge >= 0.3 is 5.97 Å². The second-order valence-corrected chi connectivity index (χ2v) is 2.02. The van der Waals surface area contributed by atoms with Crippen molar-refractivity contribution in [3.8, 4) is 0 Å². The summed E-state index contributed by atoms with van der Waals surface area (Å²) in [6, 6.07) is 0. The summed E-state index contributed by atoms with van der Waals surface area (Å²) < 4.78 is 0. The van der Waals surface area contributed by atoms with Crippen LogP contribution in [0.5, 0.6) is 0 Å². The van der Waals surface area contributed by atoms with Crippen molar-refractivity contribution in [1.29, 1.82) is 0 Å². The molecule has 56 valence electrons. The molecule has 4 heteroatoms. The van der Waals surface area contributed by atoms with Gasteiger partial charge in [0, 0.05) is 5.92 Å². The molecule has 0 rings (SSSR count). The standard InChI is InChI=1S/C6H8O4/c1-4(2-6(9)10)5(8)3-7/h3-4H,2H2,1H3,(H,9,10). The summed E-state index contributed by atoms with van der Waals surface area (Å²) in [6.07, 6.45) is -0.134. The van der Waals surface area contributed by atoms with E-state index in [-0.39, 0.29) is 12.7 Å². The van der Waals surface area contributed by atoms with Gasteiger partial charge in [-0.2, -0.15) is 0 Å². The molecule has 0 radical (unpaired) electrons. The molecule has 0 fully saturated rings. The minimum Gasteiger partial charge on any atom is -0.481 e. The van der Waals surface area contributed by atoms with Crippen molar-refractivity contribution >= 4 is 18.0 Å². The predicted molar refractivity (Wildman–Crippen MR) is 32.5 cm³/mol. The highest BCUT2D eigenvalue weighted by Gasteiger charge is 2.14. The zero-order valence-electron chi connectivity index (χ0n) is 5.53. The molecule has 0 bridgehead atoms. The van der Waals surface area contributed by atoms with E-state index < -0.39 is 17.7 Å². The lowest BCUT2D eigenvalue weighted by Gasteiger charge is -1.99. The van der Waals surface area contributed by atoms with Crippen LogP contribution in [0.3, 0.4) is 0 Å². The average Bonchev–Trinajstić information content (AvgIpc) is 1.85. The van der Waals surface area contributed by atoms with Crippen molar-refractivity contribution in [2.24, 2.45) is 5.92 Å². The number of carbonyl (C=O) groups is 3. The Hall–Kier alpha value is -1.19. The highest BCUT2D eigenvalue weighted by atomic mass is 16.4. The number of aliphatic carboxylic acids is 1. The fraction of sp³-hybridized carbons (Fsp3) is 0.500. The number of hydrogen-bond donors (Lipinski definition) is 1. The number of ketones is 1. The van der Waals surface area contributed by atoms with Crippen molar-refractivity contribution in [3.05, 3.63) is 0 Å². The first-order chi connectivity index (χ1) is 4.57. The van der Waals surface area contributed by atoms with Crippen LogP contribution in [-0.4, -0.2) is 23.1 Å². The summed E-state index contributed by atoms with van der Waals surface area (Å²) in [4.78, 5) is 30.2.